The summed E-state index contributed by atoms with van der Waals surface area (Å²) >= 11 is 12.1. The molecule has 1 heterocycles. The molecule has 0 saturated heterocycles. The highest BCUT2D eigenvalue weighted by atomic mass is 35.5. The summed E-state index contributed by atoms with van der Waals surface area (Å²) in [5.41, 5.74) is 3.01. The largest absolute Gasteiger partial charge is 0.478 e. The molecule has 0 fully saturated rings. The minimum Gasteiger partial charge on any atom is -0.478 e. The van der Waals surface area contributed by atoms with Crippen LogP contribution in [0.3, 0.4) is 0 Å². The monoisotopic (exact) mass is 410 g/mol. The van der Waals surface area contributed by atoms with E-state index in [1.165, 1.54) is 0 Å². The second-order valence-corrected chi connectivity index (χ2v) is 7.41. The first-order valence-electron chi connectivity index (χ1n) is 8.70. The van der Waals surface area contributed by atoms with Crippen molar-refractivity contribution in [2.45, 2.75) is 12.1 Å². The molecule has 0 saturated carbocycles. The third kappa shape index (κ3) is 3.75. The molecule has 6 heteroatoms. The van der Waals surface area contributed by atoms with Crippen LogP contribution in [0.1, 0.15) is 39.1 Å². The van der Waals surface area contributed by atoms with Gasteiger partial charge in [0.15, 0.2) is 0 Å². The summed E-state index contributed by atoms with van der Waals surface area (Å²) in [6.07, 6.45) is 0. The lowest BCUT2D eigenvalue weighted by molar-refractivity contribution is 0.0697. The molecule has 0 amide bonds. The Balaban J connectivity index is 1.75. The summed E-state index contributed by atoms with van der Waals surface area (Å²) in [7, 11) is 0. The van der Waals surface area contributed by atoms with Crippen LogP contribution in [0.5, 0.6) is 0 Å². The summed E-state index contributed by atoms with van der Waals surface area (Å²) in [4.78, 5) is 16.2. The summed E-state index contributed by atoms with van der Waals surface area (Å²) in [5.74, 6) is -0.313. The molecular weight excluding hydrogens is 395 g/mol. The fraction of sp³-hybridized carbons (Fsp3) is 0.0909. The molecular formula is C22H16Cl2N2O2. The number of nitrogens with zero attached hydrogens (tertiary/aromatic N) is 1. The van der Waals surface area contributed by atoms with Crippen molar-refractivity contribution in [2.24, 2.45) is 4.99 Å². The Kier molecular flexibility index (Phi) is 5.07. The zero-order valence-electron chi connectivity index (χ0n) is 14.6. The van der Waals surface area contributed by atoms with Crippen molar-refractivity contribution in [1.29, 1.82) is 0 Å². The van der Waals surface area contributed by atoms with Crippen LogP contribution in [0.4, 0.5) is 0 Å². The van der Waals surface area contributed by atoms with Gasteiger partial charge in [0.25, 0.3) is 0 Å². The van der Waals surface area contributed by atoms with Crippen molar-refractivity contribution in [2.75, 3.05) is 0 Å². The average molecular weight is 411 g/mol. The molecule has 1 aliphatic heterocycles. The van der Waals surface area contributed by atoms with Crippen molar-refractivity contribution in [1.82, 2.24) is 5.32 Å². The Labute approximate surface area is 172 Å². The number of benzene rings is 3. The van der Waals surface area contributed by atoms with Crippen molar-refractivity contribution in [3.05, 3.63) is 105 Å². The van der Waals surface area contributed by atoms with Crippen LogP contribution in [0.15, 0.2) is 77.8 Å². The molecule has 0 unspecified atom stereocenters. The van der Waals surface area contributed by atoms with Gasteiger partial charge < -0.3 is 10.4 Å². The van der Waals surface area contributed by atoms with Crippen LogP contribution in [0.2, 0.25) is 10.0 Å². The number of aliphatic imine (C=N–C) groups is 1. The van der Waals surface area contributed by atoms with E-state index in [9.17, 15) is 9.90 Å². The van der Waals surface area contributed by atoms with E-state index in [1.807, 2.05) is 54.6 Å². The number of hydrogen-bond donors (Lipinski definition) is 2. The van der Waals surface area contributed by atoms with Gasteiger partial charge in [0.1, 0.15) is 11.9 Å². The summed E-state index contributed by atoms with van der Waals surface area (Å²) in [6, 6.07) is 21.7. The van der Waals surface area contributed by atoms with E-state index in [4.69, 9.17) is 28.2 Å². The summed E-state index contributed by atoms with van der Waals surface area (Å²) < 4.78 is 0. The lowest BCUT2D eigenvalue weighted by atomic mass is 9.95. The zero-order chi connectivity index (χ0) is 19.7. The minimum absolute atomic E-state index is 0.109. The Morgan fingerprint density at radius 3 is 2.11 bits per heavy atom. The zero-order valence-corrected chi connectivity index (χ0v) is 16.2. The average Bonchev–Trinajstić information content (AvgIpc) is 3.14. The van der Waals surface area contributed by atoms with Crippen molar-refractivity contribution < 1.29 is 9.90 Å². The highest BCUT2D eigenvalue weighted by Crippen LogP contribution is 2.37. The molecule has 4 nitrogen and oxygen atoms in total. The first-order chi connectivity index (χ1) is 13.5. The number of nitrogens with one attached hydrogen (secondary N) is 1. The van der Waals surface area contributed by atoms with Crippen LogP contribution >= 0.6 is 23.2 Å². The van der Waals surface area contributed by atoms with Crippen LogP contribution in [0, 0.1) is 0 Å². The van der Waals surface area contributed by atoms with Crippen LogP contribution in [-0.2, 0) is 0 Å². The third-order valence-electron chi connectivity index (χ3n) is 4.70. The second-order valence-electron chi connectivity index (χ2n) is 6.53. The minimum atomic E-state index is -0.969. The molecule has 0 aromatic heterocycles. The highest BCUT2D eigenvalue weighted by molar-refractivity contribution is 6.30. The summed E-state index contributed by atoms with van der Waals surface area (Å²) in [6.45, 7) is 0. The van der Waals surface area contributed by atoms with Gasteiger partial charge in [-0.25, -0.2) is 4.79 Å². The smallest absolute Gasteiger partial charge is 0.335 e. The van der Waals surface area contributed by atoms with Gasteiger partial charge in [-0.2, -0.15) is 0 Å². The maximum absolute atomic E-state index is 11.3. The van der Waals surface area contributed by atoms with E-state index >= 15 is 0 Å². The van der Waals surface area contributed by atoms with Gasteiger partial charge in [0.2, 0.25) is 0 Å². The second kappa shape index (κ2) is 7.66. The Morgan fingerprint density at radius 1 is 0.893 bits per heavy atom. The third-order valence-corrected chi connectivity index (χ3v) is 5.20. The number of halogens is 2. The molecule has 0 aliphatic carbocycles. The first kappa shape index (κ1) is 18.5. The van der Waals surface area contributed by atoms with E-state index in [-0.39, 0.29) is 17.6 Å². The van der Waals surface area contributed by atoms with E-state index in [0.717, 1.165) is 16.7 Å². The standard InChI is InChI=1S/C22H16Cl2N2O2/c23-17-8-4-13(5-9-17)19-20(14-6-10-18(24)11-7-14)26-21(25-19)15-2-1-3-16(12-15)22(27)28/h1-12,19-20H,(H,25,26)(H,27,28)/t19-,20+. The van der Waals surface area contributed by atoms with Gasteiger partial charge in [-0.1, -0.05) is 59.6 Å². The molecule has 3 aromatic carbocycles. The van der Waals surface area contributed by atoms with Gasteiger partial charge in [-0.15, -0.1) is 0 Å². The van der Waals surface area contributed by atoms with E-state index in [1.54, 1.807) is 18.2 Å². The van der Waals surface area contributed by atoms with Gasteiger partial charge in [0, 0.05) is 15.6 Å². The number of amidine groups is 1. The van der Waals surface area contributed by atoms with E-state index in [2.05, 4.69) is 5.32 Å². The molecule has 3 aromatic rings. The Hall–Kier alpha value is -2.82. The summed E-state index contributed by atoms with van der Waals surface area (Å²) in [5, 5.41) is 14.1. The molecule has 28 heavy (non-hydrogen) atoms. The predicted octanol–water partition coefficient (Wildman–Crippen LogP) is 5.52. The van der Waals surface area contributed by atoms with Crippen molar-refractivity contribution >= 4 is 35.0 Å². The SMILES string of the molecule is O=C(O)c1cccc(C2=N[C@@H](c3ccc(Cl)cc3)[C@@H](c3ccc(Cl)cc3)N2)c1. The molecule has 0 radical (unpaired) electrons. The number of aromatic carboxylic acids is 1. The number of carboxylic acids is 1. The van der Waals surface area contributed by atoms with Crippen LogP contribution < -0.4 is 5.32 Å². The van der Waals surface area contributed by atoms with Crippen LogP contribution in [0.25, 0.3) is 0 Å². The van der Waals surface area contributed by atoms with Gasteiger partial charge in [-0.05, 0) is 47.5 Å². The number of rotatable bonds is 4. The topological polar surface area (TPSA) is 61.7 Å². The lowest BCUT2D eigenvalue weighted by Gasteiger charge is -2.20. The molecule has 2 atom stereocenters. The molecule has 0 bridgehead atoms. The number of carbonyl (C=O) groups is 1. The Morgan fingerprint density at radius 2 is 1.50 bits per heavy atom. The maximum Gasteiger partial charge on any atom is 0.335 e. The Bertz CT molecular complexity index is 1050. The molecule has 0 spiro atoms. The molecule has 2 N–H and O–H groups in total. The lowest BCUT2D eigenvalue weighted by Crippen LogP contribution is -2.25. The van der Waals surface area contributed by atoms with Crippen molar-refractivity contribution in [3.8, 4) is 0 Å². The first-order valence-corrected chi connectivity index (χ1v) is 9.46. The quantitative estimate of drug-likeness (QED) is 0.594. The molecule has 1 aliphatic rings. The molecule has 140 valence electrons. The number of carboxylic acid groups (broad SMARTS) is 1. The van der Waals surface area contributed by atoms with Crippen molar-refractivity contribution in [3.63, 3.8) is 0 Å². The fourth-order valence-corrected chi connectivity index (χ4v) is 3.55. The molecule has 4 rings (SSSR count). The van der Waals surface area contributed by atoms with Gasteiger partial charge in [0.05, 0.1) is 11.6 Å². The normalized spacial score (nSPS) is 18.4. The van der Waals surface area contributed by atoms with Crippen LogP contribution in [-0.4, -0.2) is 16.9 Å². The van der Waals surface area contributed by atoms with E-state index < -0.39 is 5.97 Å². The highest BCUT2D eigenvalue weighted by Gasteiger charge is 2.32. The van der Waals surface area contributed by atoms with Gasteiger partial charge >= 0.3 is 5.97 Å². The predicted molar refractivity (Wildman–Crippen MR) is 111 cm³/mol. The number of hydrogen-bond acceptors (Lipinski definition) is 3. The van der Waals surface area contributed by atoms with Gasteiger partial charge in [-0.3, -0.25) is 4.99 Å². The fourth-order valence-electron chi connectivity index (χ4n) is 3.30. The van der Waals surface area contributed by atoms with E-state index in [0.29, 0.717) is 15.9 Å². The maximum atomic E-state index is 11.3.